The predicted molar refractivity (Wildman–Crippen MR) is 82.6 cm³/mol. The van der Waals surface area contributed by atoms with Crippen LogP contribution in [0.25, 0.3) is 0 Å². The summed E-state index contributed by atoms with van der Waals surface area (Å²) in [4.78, 5) is 1.10. The topological polar surface area (TPSA) is 41.1 Å². The zero-order valence-electron chi connectivity index (χ0n) is 9.54. The molecule has 1 aliphatic heterocycles. The molecule has 0 fully saturated rings. The van der Waals surface area contributed by atoms with Gasteiger partial charge in [0, 0.05) is 4.90 Å². The van der Waals surface area contributed by atoms with E-state index in [1.807, 2.05) is 18.2 Å². The average Bonchev–Trinajstić information content (AvgIpc) is 2.62. The van der Waals surface area contributed by atoms with E-state index in [9.17, 15) is 4.57 Å². The second kappa shape index (κ2) is 5.34. The van der Waals surface area contributed by atoms with Crippen molar-refractivity contribution in [3.05, 3.63) is 18.2 Å². The molecule has 8 heteroatoms. The Hall–Kier alpha value is 0.270. The molecule has 1 aromatic rings. The van der Waals surface area contributed by atoms with Gasteiger partial charge in [-0.25, -0.2) is 0 Å². The molecular formula is C10H12Cl3N2OPS. The normalized spacial score (nSPS) is 22.2. The van der Waals surface area contributed by atoms with Crippen LogP contribution in [0.4, 0.5) is 11.4 Å². The molecule has 2 N–H and O–H groups in total. The lowest BCUT2D eigenvalue weighted by Gasteiger charge is -2.20. The summed E-state index contributed by atoms with van der Waals surface area (Å²) in [6, 6.07) is 5.72. The molecule has 1 aromatic carbocycles. The number of halogens is 3. The van der Waals surface area contributed by atoms with Crippen molar-refractivity contribution in [3.8, 4) is 0 Å². The smallest absolute Gasteiger partial charge is 0.308 e. The van der Waals surface area contributed by atoms with Crippen LogP contribution >= 0.6 is 54.0 Å². The number of anilines is 2. The van der Waals surface area contributed by atoms with E-state index in [1.54, 1.807) is 11.8 Å². The van der Waals surface area contributed by atoms with E-state index in [0.29, 0.717) is 11.4 Å². The Bertz CT molecular complexity index is 506. The van der Waals surface area contributed by atoms with E-state index in [2.05, 4.69) is 17.1 Å². The Balaban J connectivity index is 2.23. The molecule has 0 saturated carbocycles. The van der Waals surface area contributed by atoms with E-state index >= 15 is 0 Å². The van der Waals surface area contributed by atoms with Gasteiger partial charge in [0.1, 0.15) is 0 Å². The SMILES string of the molecule is CCCSc1ccc2c(c1)NP(=O)(C(Cl)(Cl)Cl)N2. The number of hydrogen-bond donors (Lipinski definition) is 2. The first-order chi connectivity index (χ1) is 8.36. The molecular weight excluding hydrogens is 334 g/mol. The highest BCUT2D eigenvalue weighted by molar-refractivity contribution is 7.99. The summed E-state index contributed by atoms with van der Waals surface area (Å²) in [5, 5.41) is 5.58. The quantitative estimate of drug-likeness (QED) is 0.428. The van der Waals surface area contributed by atoms with Gasteiger partial charge in [0.15, 0.2) is 0 Å². The molecule has 100 valence electrons. The Morgan fingerprint density at radius 3 is 2.56 bits per heavy atom. The lowest BCUT2D eigenvalue weighted by atomic mass is 10.3. The van der Waals surface area contributed by atoms with E-state index < -0.39 is 11.0 Å². The van der Waals surface area contributed by atoms with E-state index in [-0.39, 0.29) is 0 Å². The zero-order valence-corrected chi connectivity index (χ0v) is 13.5. The zero-order chi connectivity index (χ0) is 13.4. The predicted octanol–water partition coefficient (Wildman–Crippen LogP) is 5.55. The first-order valence-corrected chi connectivity index (χ1v) is 9.18. The summed E-state index contributed by atoms with van der Waals surface area (Å²) >= 11 is 18.9. The van der Waals surface area contributed by atoms with Gasteiger partial charge in [0.25, 0.3) is 3.53 Å². The van der Waals surface area contributed by atoms with Gasteiger partial charge in [0.05, 0.1) is 11.4 Å². The van der Waals surface area contributed by atoms with Crippen LogP contribution in [0, 0.1) is 0 Å². The standard InChI is InChI=1S/C10H12Cl3N2OPS/c1-2-5-18-7-3-4-8-9(6-7)15-17(16,14-8)10(11,12)13/h3-4,6H,2,5H2,1H3,(H2,14,15,16). The van der Waals surface area contributed by atoms with Crippen LogP contribution in [0.2, 0.25) is 0 Å². The van der Waals surface area contributed by atoms with Crippen LogP contribution in [0.5, 0.6) is 0 Å². The molecule has 0 amide bonds. The third-order valence-electron chi connectivity index (χ3n) is 2.38. The van der Waals surface area contributed by atoms with Crippen LogP contribution in [0.1, 0.15) is 13.3 Å². The van der Waals surface area contributed by atoms with E-state index in [4.69, 9.17) is 34.8 Å². The van der Waals surface area contributed by atoms with Crippen LogP contribution < -0.4 is 10.2 Å². The van der Waals surface area contributed by atoms with Gasteiger partial charge in [-0.05, 0) is 30.4 Å². The van der Waals surface area contributed by atoms with Gasteiger partial charge >= 0.3 is 7.44 Å². The largest absolute Gasteiger partial charge is 0.315 e. The van der Waals surface area contributed by atoms with Crippen molar-refractivity contribution in [1.82, 2.24) is 0 Å². The highest BCUT2D eigenvalue weighted by Gasteiger charge is 2.48. The Morgan fingerprint density at radius 1 is 1.28 bits per heavy atom. The molecule has 1 aliphatic rings. The van der Waals surface area contributed by atoms with E-state index in [1.165, 1.54) is 0 Å². The van der Waals surface area contributed by atoms with Crippen LogP contribution in [0.3, 0.4) is 0 Å². The third kappa shape index (κ3) is 2.88. The maximum atomic E-state index is 12.4. The van der Waals surface area contributed by atoms with Crippen molar-refractivity contribution in [1.29, 1.82) is 0 Å². The highest BCUT2D eigenvalue weighted by atomic mass is 35.6. The second-order valence-electron chi connectivity index (χ2n) is 3.86. The van der Waals surface area contributed by atoms with Crippen molar-refractivity contribution in [2.24, 2.45) is 0 Å². The molecule has 2 rings (SSSR count). The lowest BCUT2D eigenvalue weighted by molar-refractivity contribution is 0.582. The van der Waals surface area contributed by atoms with Crippen molar-refractivity contribution in [2.45, 2.75) is 21.8 Å². The van der Waals surface area contributed by atoms with Crippen LogP contribution in [0.15, 0.2) is 23.1 Å². The number of thioether (sulfide) groups is 1. The minimum absolute atomic E-state index is 0.700. The number of nitrogens with one attached hydrogen (secondary N) is 2. The summed E-state index contributed by atoms with van der Waals surface area (Å²) in [6.07, 6.45) is 1.10. The van der Waals surface area contributed by atoms with Crippen molar-refractivity contribution in [2.75, 3.05) is 15.9 Å². The molecule has 1 atom stereocenters. The van der Waals surface area contributed by atoms with Crippen LogP contribution in [-0.4, -0.2) is 9.29 Å². The number of hydrogen-bond acceptors (Lipinski definition) is 2. The fourth-order valence-electron chi connectivity index (χ4n) is 1.52. The second-order valence-corrected chi connectivity index (χ2v) is 10.4. The summed E-state index contributed by atoms with van der Waals surface area (Å²) in [6.45, 7) is 2.12. The molecule has 18 heavy (non-hydrogen) atoms. The van der Waals surface area contributed by atoms with Gasteiger partial charge in [0.2, 0.25) is 0 Å². The van der Waals surface area contributed by atoms with Crippen molar-refractivity contribution in [3.63, 3.8) is 0 Å². The molecule has 1 unspecified atom stereocenters. The molecule has 0 spiro atoms. The van der Waals surface area contributed by atoms with E-state index in [0.717, 1.165) is 17.1 Å². The van der Waals surface area contributed by atoms with Crippen molar-refractivity contribution < 1.29 is 4.57 Å². The van der Waals surface area contributed by atoms with Crippen molar-refractivity contribution >= 4 is 65.4 Å². The maximum Gasteiger partial charge on any atom is 0.308 e. The summed E-state index contributed by atoms with van der Waals surface area (Å²) in [7, 11) is -3.29. The lowest BCUT2D eigenvalue weighted by Crippen LogP contribution is -2.12. The highest BCUT2D eigenvalue weighted by Crippen LogP contribution is 2.68. The first kappa shape index (κ1) is 14.7. The molecule has 3 nitrogen and oxygen atoms in total. The Labute approximate surface area is 125 Å². The van der Waals surface area contributed by atoms with Gasteiger partial charge in [-0.3, -0.25) is 4.57 Å². The number of fused-ring (bicyclic) bond motifs is 1. The monoisotopic (exact) mass is 344 g/mol. The average molecular weight is 346 g/mol. The molecule has 0 aliphatic carbocycles. The van der Waals surface area contributed by atoms with Gasteiger partial charge in [-0.2, -0.15) is 0 Å². The molecule has 0 aromatic heterocycles. The Kier molecular flexibility index (Phi) is 4.35. The minimum atomic E-state index is -3.29. The number of rotatable bonds is 3. The maximum absolute atomic E-state index is 12.4. The van der Waals surface area contributed by atoms with Gasteiger partial charge < -0.3 is 10.2 Å². The molecule has 1 heterocycles. The summed E-state index contributed by atoms with van der Waals surface area (Å²) in [5.41, 5.74) is 1.41. The third-order valence-corrected chi connectivity index (χ3v) is 7.54. The molecule has 0 radical (unpaired) electrons. The fourth-order valence-corrected chi connectivity index (χ4v) is 4.45. The first-order valence-electron chi connectivity index (χ1n) is 5.36. The molecule has 0 saturated heterocycles. The minimum Gasteiger partial charge on any atom is -0.315 e. The van der Waals surface area contributed by atoms with Gasteiger partial charge in [-0.15, -0.1) is 11.8 Å². The number of alkyl halides is 3. The fraction of sp³-hybridized carbons (Fsp3) is 0.400. The summed E-state index contributed by atoms with van der Waals surface area (Å²) < 4.78 is 10.5. The van der Waals surface area contributed by atoms with Crippen LogP contribution in [-0.2, 0) is 4.57 Å². The van der Waals surface area contributed by atoms with Gasteiger partial charge in [-0.1, -0.05) is 41.7 Å². The molecule has 0 bridgehead atoms. The number of benzene rings is 1. The summed E-state index contributed by atoms with van der Waals surface area (Å²) in [5.74, 6) is 1.04. The Morgan fingerprint density at radius 2 is 1.94 bits per heavy atom.